The van der Waals surface area contributed by atoms with Gasteiger partial charge in [0.2, 0.25) is 0 Å². The van der Waals surface area contributed by atoms with Crippen molar-refractivity contribution in [2.24, 2.45) is 0 Å². The van der Waals surface area contributed by atoms with Gasteiger partial charge in [-0.2, -0.15) is 0 Å². The Balaban J connectivity index is 2.16. The van der Waals surface area contributed by atoms with E-state index in [1.807, 2.05) is 0 Å². The smallest absolute Gasteiger partial charge is 0.261 e. The number of benzene rings is 1. The number of halogens is 1. The van der Waals surface area contributed by atoms with Gasteiger partial charge in [-0.3, -0.25) is 9.36 Å². The van der Waals surface area contributed by atoms with E-state index in [0.29, 0.717) is 15.9 Å². The van der Waals surface area contributed by atoms with E-state index >= 15 is 0 Å². The maximum atomic E-state index is 12.4. The van der Waals surface area contributed by atoms with Crippen LogP contribution in [0.1, 0.15) is 6.04 Å². The molecule has 106 valence electrons. The maximum absolute atomic E-state index is 12.4. The third kappa shape index (κ3) is 2.21. The van der Waals surface area contributed by atoms with Crippen LogP contribution in [0.15, 0.2) is 29.3 Å². The Bertz CT molecular complexity index is 846. The van der Waals surface area contributed by atoms with Gasteiger partial charge in [-0.1, -0.05) is 11.6 Å². The second kappa shape index (κ2) is 4.54. The predicted octanol–water partition coefficient (Wildman–Crippen LogP) is 0.380. The lowest BCUT2D eigenvalue weighted by atomic mass is 10.2. The summed E-state index contributed by atoms with van der Waals surface area (Å²) in [5.74, 6) is -0.586. The van der Waals surface area contributed by atoms with Gasteiger partial charge in [0.05, 0.1) is 40.9 Å². The number of hydrogen-bond acceptors (Lipinski definition) is 5. The Morgan fingerprint density at radius 3 is 2.75 bits per heavy atom. The van der Waals surface area contributed by atoms with E-state index < -0.39 is 22.0 Å². The molecule has 2 atom stereocenters. The first-order valence-electron chi connectivity index (χ1n) is 5.92. The van der Waals surface area contributed by atoms with E-state index in [4.69, 9.17) is 11.6 Å². The molecule has 6 nitrogen and oxygen atoms in total. The van der Waals surface area contributed by atoms with Crippen LogP contribution in [0.5, 0.6) is 0 Å². The largest absolute Gasteiger partial charge is 0.390 e. The number of nitrogens with zero attached hydrogens (tertiary/aromatic N) is 2. The van der Waals surface area contributed by atoms with E-state index in [1.54, 1.807) is 18.2 Å². The van der Waals surface area contributed by atoms with Crippen molar-refractivity contribution >= 4 is 32.3 Å². The number of aliphatic hydroxyl groups is 1. The Labute approximate surface area is 119 Å². The maximum Gasteiger partial charge on any atom is 0.261 e. The average Bonchev–Trinajstić information content (AvgIpc) is 2.63. The van der Waals surface area contributed by atoms with Crippen molar-refractivity contribution in [3.05, 3.63) is 39.9 Å². The van der Waals surface area contributed by atoms with Crippen molar-refractivity contribution in [1.82, 2.24) is 9.55 Å². The summed E-state index contributed by atoms with van der Waals surface area (Å²) in [5, 5.41) is 10.6. The molecule has 1 fully saturated rings. The zero-order valence-corrected chi connectivity index (χ0v) is 11.8. The van der Waals surface area contributed by atoms with Gasteiger partial charge < -0.3 is 5.11 Å². The van der Waals surface area contributed by atoms with Crippen LogP contribution < -0.4 is 5.56 Å². The fourth-order valence-corrected chi connectivity index (χ4v) is 4.37. The minimum absolute atomic E-state index is 0.255. The number of sulfone groups is 1. The Morgan fingerprint density at radius 2 is 2.10 bits per heavy atom. The second-order valence-corrected chi connectivity index (χ2v) is 7.42. The van der Waals surface area contributed by atoms with Crippen LogP contribution in [0.2, 0.25) is 5.02 Å². The molecular weight excluding hydrogens is 304 g/mol. The molecule has 1 aliphatic heterocycles. The Morgan fingerprint density at radius 1 is 1.35 bits per heavy atom. The van der Waals surface area contributed by atoms with Crippen LogP contribution in [0.25, 0.3) is 10.9 Å². The van der Waals surface area contributed by atoms with Gasteiger partial charge >= 0.3 is 0 Å². The fourth-order valence-electron chi connectivity index (χ4n) is 2.42. The van der Waals surface area contributed by atoms with Gasteiger partial charge in [0.25, 0.3) is 5.56 Å². The summed E-state index contributed by atoms with van der Waals surface area (Å²) < 4.78 is 24.2. The highest BCUT2D eigenvalue weighted by Gasteiger charge is 2.38. The van der Waals surface area contributed by atoms with E-state index in [-0.39, 0.29) is 17.1 Å². The van der Waals surface area contributed by atoms with Crippen molar-refractivity contribution < 1.29 is 13.5 Å². The monoisotopic (exact) mass is 314 g/mol. The van der Waals surface area contributed by atoms with Gasteiger partial charge in [-0.25, -0.2) is 13.4 Å². The highest BCUT2D eigenvalue weighted by Crippen LogP contribution is 2.23. The fraction of sp³-hybridized carbons (Fsp3) is 0.333. The van der Waals surface area contributed by atoms with Gasteiger partial charge in [0.15, 0.2) is 9.84 Å². The number of rotatable bonds is 1. The first-order valence-corrected chi connectivity index (χ1v) is 8.12. The highest BCUT2D eigenvalue weighted by molar-refractivity contribution is 7.91. The summed E-state index contributed by atoms with van der Waals surface area (Å²) in [6.45, 7) is 0. The lowest BCUT2D eigenvalue weighted by Gasteiger charge is -2.16. The van der Waals surface area contributed by atoms with Gasteiger partial charge in [-0.05, 0) is 18.2 Å². The summed E-state index contributed by atoms with van der Waals surface area (Å²) in [6, 6.07) is 3.88. The molecule has 0 radical (unpaired) electrons. The quantitative estimate of drug-likeness (QED) is 0.822. The average molecular weight is 315 g/mol. The molecule has 1 saturated heterocycles. The van der Waals surface area contributed by atoms with Crippen LogP contribution in [0.3, 0.4) is 0 Å². The minimum Gasteiger partial charge on any atom is -0.390 e. The van der Waals surface area contributed by atoms with Crippen molar-refractivity contribution in [2.45, 2.75) is 12.1 Å². The van der Waals surface area contributed by atoms with Crippen LogP contribution in [0.4, 0.5) is 0 Å². The molecule has 0 unspecified atom stereocenters. The number of aromatic nitrogens is 2. The van der Waals surface area contributed by atoms with E-state index in [9.17, 15) is 18.3 Å². The van der Waals surface area contributed by atoms with Gasteiger partial charge in [-0.15, -0.1) is 0 Å². The molecule has 2 heterocycles. The standard InChI is InChI=1S/C12H11ClN2O4S/c13-7-1-2-8-9(3-7)14-6-15(12(8)17)10-4-20(18,19)5-11(10)16/h1-3,6,10-11,16H,4-5H2/t10-,11+/m0/s1. The molecule has 8 heteroatoms. The minimum atomic E-state index is -3.33. The zero-order valence-electron chi connectivity index (χ0n) is 10.2. The summed E-state index contributed by atoms with van der Waals surface area (Å²) >= 11 is 5.83. The SMILES string of the molecule is O=c1c2ccc(Cl)cc2ncn1[C@H]1CS(=O)(=O)C[C@H]1O. The number of aliphatic hydroxyl groups excluding tert-OH is 1. The summed E-state index contributed by atoms with van der Waals surface area (Å²) in [7, 11) is -3.33. The van der Waals surface area contributed by atoms with Gasteiger partial charge in [0.1, 0.15) is 0 Å². The van der Waals surface area contributed by atoms with Crippen LogP contribution in [-0.2, 0) is 9.84 Å². The normalized spacial score (nSPS) is 25.1. The molecule has 3 rings (SSSR count). The molecule has 1 aromatic carbocycles. The molecule has 1 aromatic heterocycles. The molecule has 0 bridgehead atoms. The molecule has 2 aromatic rings. The molecule has 0 saturated carbocycles. The van der Waals surface area contributed by atoms with E-state index in [1.165, 1.54) is 10.9 Å². The molecule has 20 heavy (non-hydrogen) atoms. The molecular formula is C12H11ClN2O4S. The predicted molar refractivity (Wildman–Crippen MR) is 74.7 cm³/mol. The Kier molecular flexibility index (Phi) is 3.07. The highest BCUT2D eigenvalue weighted by atomic mass is 35.5. The van der Waals surface area contributed by atoms with Crippen LogP contribution in [0, 0.1) is 0 Å². The number of hydrogen-bond donors (Lipinski definition) is 1. The lowest BCUT2D eigenvalue weighted by molar-refractivity contribution is 0.151. The van der Waals surface area contributed by atoms with Crippen LogP contribution in [-0.4, -0.2) is 40.7 Å². The Hall–Kier alpha value is -1.44. The van der Waals surface area contributed by atoms with E-state index in [0.717, 1.165) is 0 Å². The lowest BCUT2D eigenvalue weighted by Crippen LogP contribution is -2.31. The number of fused-ring (bicyclic) bond motifs is 1. The first kappa shape index (κ1) is 13.5. The summed E-state index contributed by atoms with van der Waals surface area (Å²) in [5.41, 5.74) is 0.0573. The van der Waals surface area contributed by atoms with Crippen molar-refractivity contribution in [1.29, 1.82) is 0 Å². The third-order valence-electron chi connectivity index (χ3n) is 3.40. The molecule has 0 amide bonds. The van der Waals surface area contributed by atoms with Crippen LogP contribution >= 0.6 is 11.6 Å². The molecule has 0 aliphatic carbocycles. The molecule has 1 aliphatic rings. The molecule has 1 N–H and O–H groups in total. The van der Waals surface area contributed by atoms with E-state index in [2.05, 4.69) is 4.98 Å². The zero-order chi connectivity index (χ0) is 14.5. The summed E-state index contributed by atoms with van der Waals surface area (Å²) in [6.07, 6.45) is 0.166. The topological polar surface area (TPSA) is 89.3 Å². The first-order chi connectivity index (χ1) is 9.37. The summed E-state index contributed by atoms with van der Waals surface area (Å²) in [4.78, 5) is 16.5. The molecule has 0 spiro atoms. The third-order valence-corrected chi connectivity index (χ3v) is 5.33. The van der Waals surface area contributed by atoms with Crippen molar-refractivity contribution in [3.63, 3.8) is 0 Å². The van der Waals surface area contributed by atoms with Crippen molar-refractivity contribution in [3.8, 4) is 0 Å². The van der Waals surface area contributed by atoms with Crippen molar-refractivity contribution in [2.75, 3.05) is 11.5 Å². The van der Waals surface area contributed by atoms with Gasteiger partial charge in [0, 0.05) is 5.02 Å². The second-order valence-electron chi connectivity index (χ2n) is 4.83.